The van der Waals surface area contributed by atoms with Gasteiger partial charge in [0.05, 0.1) is 21.5 Å². The number of nitriles is 1. The molecule has 3 aromatic rings. The molecule has 0 atom stereocenters. The number of non-ortho nitro benzene ring substituents is 1. The number of nitrogens with zero attached hydrogens (tertiary/aromatic N) is 3. The van der Waals surface area contributed by atoms with Gasteiger partial charge >= 0.3 is 0 Å². The van der Waals surface area contributed by atoms with Crippen molar-refractivity contribution in [3.05, 3.63) is 91.2 Å². The van der Waals surface area contributed by atoms with E-state index < -0.39 is 27.1 Å². The first kappa shape index (κ1) is 21.2. The fourth-order valence-corrected chi connectivity index (χ4v) is 2.72. The summed E-state index contributed by atoms with van der Waals surface area (Å²) < 4.78 is 5.51. The largest absolute Gasteiger partial charge is 0.456 e. The molecule has 0 radical (unpaired) electrons. The molecule has 0 aliphatic carbocycles. The first-order chi connectivity index (χ1) is 14.8. The summed E-state index contributed by atoms with van der Waals surface area (Å²) in [5.74, 6) is -0.558. The van der Waals surface area contributed by atoms with Crippen LogP contribution in [0.3, 0.4) is 0 Å². The Kier molecular flexibility index (Phi) is 6.09. The molecule has 1 N–H and O–H groups in total. The van der Waals surface area contributed by atoms with E-state index in [0.717, 1.165) is 12.1 Å². The van der Waals surface area contributed by atoms with Crippen molar-refractivity contribution in [2.75, 3.05) is 5.32 Å². The number of carbonyl (C=O) groups is 1. The van der Waals surface area contributed by atoms with E-state index in [-0.39, 0.29) is 22.7 Å². The highest BCUT2D eigenvalue weighted by molar-refractivity contribution is 6.30. The molecule has 0 aliphatic rings. The first-order valence-corrected chi connectivity index (χ1v) is 8.88. The highest BCUT2D eigenvalue weighted by atomic mass is 35.5. The third kappa shape index (κ3) is 4.92. The van der Waals surface area contributed by atoms with Gasteiger partial charge in [0.1, 0.15) is 23.2 Å². The lowest BCUT2D eigenvalue weighted by molar-refractivity contribution is -0.393. The lowest BCUT2D eigenvalue weighted by Crippen LogP contribution is -2.13. The molecule has 1 amide bonds. The average Bonchev–Trinajstić information content (AvgIpc) is 3.21. The minimum atomic E-state index is -0.763. The SMILES string of the molecule is N#C/C(=C/c1ccc(-c2ccc([N+](=O)[O-])cc2[N+](=O)[O-])o1)C(=O)Nc1ccc(Cl)cc1. The average molecular weight is 439 g/mol. The van der Waals surface area contributed by atoms with Gasteiger partial charge in [-0.25, -0.2) is 0 Å². The number of nitro groups is 2. The van der Waals surface area contributed by atoms with E-state index in [4.69, 9.17) is 16.0 Å². The highest BCUT2D eigenvalue weighted by Crippen LogP contribution is 2.34. The summed E-state index contributed by atoms with van der Waals surface area (Å²) in [7, 11) is 0. The minimum Gasteiger partial charge on any atom is -0.456 e. The predicted molar refractivity (Wildman–Crippen MR) is 111 cm³/mol. The number of rotatable bonds is 6. The van der Waals surface area contributed by atoms with E-state index in [9.17, 15) is 30.3 Å². The van der Waals surface area contributed by atoms with Crippen molar-refractivity contribution in [2.24, 2.45) is 0 Å². The van der Waals surface area contributed by atoms with Crippen LogP contribution in [0.1, 0.15) is 5.76 Å². The van der Waals surface area contributed by atoms with Crippen molar-refractivity contribution < 1.29 is 19.1 Å². The molecule has 0 unspecified atom stereocenters. The molecule has 0 spiro atoms. The Labute approximate surface area is 179 Å². The van der Waals surface area contributed by atoms with Gasteiger partial charge in [-0.2, -0.15) is 5.26 Å². The number of nitrogens with one attached hydrogen (secondary N) is 1. The lowest BCUT2D eigenvalue weighted by atomic mass is 10.1. The van der Waals surface area contributed by atoms with Crippen molar-refractivity contribution in [3.8, 4) is 17.4 Å². The number of benzene rings is 2. The van der Waals surface area contributed by atoms with E-state index in [0.29, 0.717) is 10.7 Å². The van der Waals surface area contributed by atoms with Crippen LogP contribution in [0, 0.1) is 31.6 Å². The number of nitro benzene ring substituents is 2. The number of furan rings is 1. The number of hydrogen-bond donors (Lipinski definition) is 1. The summed E-state index contributed by atoms with van der Waals surface area (Å²) in [5.41, 5.74) is -0.779. The van der Waals surface area contributed by atoms with Crippen molar-refractivity contribution in [1.82, 2.24) is 0 Å². The summed E-state index contributed by atoms with van der Waals surface area (Å²) in [6.45, 7) is 0. The van der Waals surface area contributed by atoms with Gasteiger partial charge in [-0.1, -0.05) is 11.6 Å². The van der Waals surface area contributed by atoms with Crippen LogP contribution in [0.2, 0.25) is 5.02 Å². The highest BCUT2D eigenvalue weighted by Gasteiger charge is 2.22. The fourth-order valence-electron chi connectivity index (χ4n) is 2.59. The summed E-state index contributed by atoms with van der Waals surface area (Å²) in [6.07, 6.45) is 1.17. The number of hydrogen-bond acceptors (Lipinski definition) is 7. The van der Waals surface area contributed by atoms with Crippen molar-refractivity contribution in [1.29, 1.82) is 5.26 Å². The number of anilines is 1. The van der Waals surface area contributed by atoms with Crippen LogP contribution in [-0.4, -0.2) is 15.8 Å². The third-order valence-electron chi connectivity index (χ3n) is 4.03. The minimum absolute atomic E-state index is 0.0133. The van der Waals surface area contributed by atoms with E-state index in [1.807, 2.05) is 0 Å². The maximum Gasteiger partial charge on any atom is 0.287 e. The molecule has 2 aromatic carbocycles. The summed E-state index contributed by atoms with van der Waals surface area (Å²) in [6, 6.07) is 14.0. The Bertz CT molecular complexity index is 1260. The zero-order chi connectivity index (χ0) is 22.5. The predicted octanol–water partition coefficient (Wildman–Crippen LogP) is 4.96. The van der Waals surface area contributed by atoms with Gasteiger partial charge in [-0.3, -0.25) is 25.0 Å². The molecule has 154 valence electrons. The molecule has 0 aliphatic heterocycles. The molecule has 0 fully saturated rings. The number of amides is 1. The zero-order valence-electron chi connectivity index (χ0n) is 15.4. The van der Waals surface area contributed by atoms with E-state index in [1.54, 1.807) is 30.3 Å². The Morgan fingerprint density at radius 1 is 1.06 bits per heavy atom. The van der Waals surface area contributed by atoms with E-state index >= 15 is 0 Å². The molecule has 11 heteroatoms. The summed E-state index contributed by atoms with van der Waals surface area (Å²) >= 11 is 5.79. The Hall–Kier alpha value is -4.49. The van der Waals surface area contributed by atoms with Crippen LogP contribution in [0.25, 0.3) is 17.4 Å². The van der Waals surface area contributed by atoms with Gasteiger partial charge in [0.2, 0.25) is 0 Å². The fraction of sp³-hybridized carbons (Fsp3) is 0. The Morgan fingerprint density at radius 2 is 1.77 bits per heavy atom. The Balaban J connectivity index is 1.88. The topological polar surface area (TPSA) is 152 Å². The standard InChI is InChI=1S/C20H11ClN4O6/c21-13-1-3-14(4-2-13)23-20(26)12(11-22)9-16-6-8-19(31-16)17-7-5-15(24(27)28)10-18(17)25(29)30/h1-10H,(H,23,26)/b12-9-. The van der Waals surface area contributed by atoms with E-state index in [1.165, 1.54) is 24.3 Å². The van der Waals surface area contributed by atoms with Crippen LogP contribution in [0.15, 0.2) is 64.6 Å². The second kappa shape index (κ2) is 8.89. The van der Waals surface area contributed by atoms with Gasteiger partial charge in [0, 0.05) is 22.9 Å². The molecule has 1 heterocycles. The number of halogens is 1. The maximum atomic E-state index is 12.3. The van der Waals surface area contributed by atoms with Crippen LogP contribution >= 0.6 is 11.6 Å². The van der Waals surface area contributed by atoms with Gasteiger partial charge in [0.15, 0.2) is 0 Å². The molecular formula is C20H11ClN4O6. The Morgan fingerprint density at radius 3 is 2.39 bits per heavy atom. The van der Waals surface area contributed by atoms with Crippen LogP contribution in [-0.2, 0) is 4.79 Å². The van der Waals surface area contributed by atoms with Crippen molar-refractivity contribution in [2.45, 2.75) is 0 Å². The number of carbonyl (C=O) groups excluding carboxylic acids is 1. The molecule has 31 heavy (non-hydrogen) atoms. The van der Waals surface area contributed by atoms with E-state index in [2.05, 4.69) is 5.32 Å². The summed E-state index contributed by atoms with van der Waals surface area (Å²) in [4.78, 5) is 33.0. The van der Waals surface area contributed by atoms with Crippen LogP contribution < -0.4 is 5.32 Å². The molecular weight excluding hydrogens is 428 g/mol. The molecule has 0 saturated carbocycles. The molecule has 3 rings (SSSR count). The van der Waals surface area contributed by atoms with Gasteiger partial charge in [-0.15, -0.1) is 0 Å². The molecule has 1 aromatic heterocycles. The normalized spacial score (nSPS) is 10.9. The molecule has 0 bridgehead atoms. The second-order valence-corrected chi connectivity index (χ2v) is 6.48. The molecule has 0 saturated heterocycles. The second-order valence-electron chi connectivity index (χ2n) is 6.05. The third-order valence-corrected chi connectivity index (χ3v) is 4.29. The lowest BCUT2D eigenvalue weighted by Gasteiger charge is -2.03. The quantitative estimate of drug-likeness (QED) is 0.247. The van der Waals surface area contributed by atoms with Crippen LogP contribution in [0.5, 0.6) is 0 Å². The van der Waals surface area contributed by atoms with Crippen LogP contribution in [0.4, 0.5) is 17.1 Å². The van der Waals surface area contributed by atoms with Gasteiger partial charge < -0.3 is 9.73 Å². The zero-order valence-corrected chi connectivity index (χ0v) is 16.2. The maximum absolute atomic E-state index is 12.3. The first-order valence-electron chi connectivity index (χ1n) is 8.50. The monoisotopic (exact) mass is 438 g/mol. The smallest absolute Gasteiger partial charge is 0.287 e. The van der Waals surface area contributed by atoms with Crippen molar-refractivity contribution >= 4 is 40.6 Å². The molecule has 10 nitrogen and oxygen atoms in total. The summed E-state index contributed by atoms with van der Waals surface area (Å²) in [5, 5.41) is 34.5. The van der Waals surface area contributed by atoms with Crippen molar-refractivity contribution in [3.63, 3.8) is 0 Å². The van der Waals surface area contributed by atoms with Gasteiger partial charge in [0.25, 0.3) is 17.3 Å². The van der Waals surface area contributed by atoms with Gasteiger partial charge in [-0.05, 0) is 42.5 Å².